The van der Waals surface area contributed by atoms with Crippen molar-refractivity contribution < 1.29 is 4.92 Å². The smallest absolute Gasteiger partial charge is 0.269 e. The number of nitrogen functional groups attached to an aromatic ring is 2. The summed E-state index contributed by atoms with van der Waals surface area (Å²) < 4.78 is 1.13. The van der Waals surface area contributed by atoms with Gasteiger partial charge in [-0.3, -0.25) is 10.1 Å². The molecule has 1 aromatic heterocycles. The van der Waals surface area contributed by atoms with Crippen LogP contribution in [0.25, 0.3) is 11.4 Å². The van der Waals surface area contributed by atoms with Crippen LogP contribution in [-0.2, 0) is 0 Å². The second kappa shape index (κ2) is 3.74. The third kappa shape index (κ3) is 1.75. The van der Waals surface area contributed by atoms with Crippen LogP contribution in [-0.4, -0.2) is 19.8 Å². The molecule has 2 aromatic rings. The summed E-state index contributed by atoms with van der Waals surface area (Å²) in [5.74, 6) is 6.09. The first-order chi connectivity index (χ1) is 8.00. The molecule has 0 bridgehead atoms. The van der Waals surface area contributed by atoms with E-state index in [1.165, 1.54) is 12.1 Å². The van der Waals surface area contributed by atoms with E-state index in [0.29, 0.717) is 17.0 Å². The van der Waals surface area contributed by atoms with E-state index in [1.807, 2.05) is 0 Å². The van der Waals surface area contributed by atoms with Gasteiger partial charge in [0.1, 0.15) is 0 Å². The maximum atomic E-state index is 10.6. The molecule has 88 valence electrons. The fourth-order valence-electron chi connectivity index (χ4n) is 1.50. The number of benzene rings is 1. The highest BCUT2D eigenvalue weighted by atomic mass is 16.6. The summed E-state index contributed by atoms with van der Waals surface area (Å²) in [6, 6.07) is 4.40. The van der Waals surface area contributed by atoms with Crippen LogP contribution in [0.1, 0.15) is 5.56 Å². The van der Waals surface area contributed by atoms with E-state index >= 15 is 0 Å². The highest BCUT2D eigenvalue weighted by molar-refractivity contribution is 5.63. The molecule has 17 heavy (non-hydrogen) atoms. The standard InChI is InChI=1S/C9H10N6O2/c1-5-4-6(15(16)17)2-3-7(5)8-12-13-9(10)14(8)11/h2-4H,11H2,1H3,(H2,10,13). The van der Waals surface area contributed by atoms with E-state index in [2.05, 4.69) is 10.2 Å². The van der Waals surface area contributed by atoms with E-state index in [-0.39, 0.29) is 11.6 Å². The summed E-state index contributed by atoms with van der Waals surface area (Å²) in [7, 11) is 0. The molecule has 0 radical (unpaired) electrons. The average Bonchev–Trinajstić information content (AvgIpc) is 2.60. The minimum Gasteiger partial charge on any atom is -0.366 e. The predicted octanol–water partition coefficient (Wildman–Crippen LogP) is 0.458. The minimum atomic E-state index is -0.460. The number of anilines is 1. The fraction of sp³-hybridized carbons (Fsp3) is 0.111. The van der Waals surface area contributed by atoms with Gasteiger partial charge in [0.05, 0.1) is 4.92 Å². The van der Waals surface area contributed by atoms with Crippen molar-refractivity contribution in [2.45, 2.75) is 6.92 Å². The first kappa shape index (κ1) is 10.9. The molecule has 0 aliphatic carbocycles. The number of aromatic nitrogens is 3. The van der Waals surface area contributed by atoms with E-state index in [1.54, 1.807) is 13.0 Å². The van der Waals surface area contributed by atoms with Crippen LogP contribution in [0.5, 0.6) is 0 Å². The second-order valence-electron chi connectivity index (χ2n) is 3.51. The van der Waals surface area contributed by atoms with Crippen molar-refractivity contribution >= 4 is 11.6 Å². The lowest BCUT2D eigenvalue weighted by atomic mass is 10.1. The highest BCUT2D eigenvalue weighted by Crippen LogP contribution is 2.25. The van der Waals surface area contributed by atoms with Gasteiger partial charge in [-0.1, -0.05) is 0 Å². The molecule has 8 nitrogen and oxygen atoms in total. The van der Waals surface area contributed by atoms with Crippen LogP contribution in [0.3, 0.4) is 0 Å². The largest absolute Gasteiger partial charge is 0.366 e. The van der Waals surface area contributed by atoms with Gasteiger partial charge in [0.2, 0.25) is 5.95 Å². The third-order valence-corrected chi connectivity index (χ3v) is 2.38. The SMILES string of the molecule is Cc1cc([N+](=O)[O-])ccc1-c1nnc(N)n1N. The van der Waals surface area contributed by atoms with Gasteiger partial charge in [0.15, 0.2) is 5.82 Å². The molecule has 0 aliphatic heterocycles. The summed E-state index contributed by atoms with van der Waals surface area (Å²) in [6.07, 6.45) is 0. The number of non-ortho nitro benzene ring substituents is 1. The number of rotatable bonds is 2. The Hall–Kier alpha value is -2.64. The van der Waals surface area contributed by atoms with Gasteiger partial charge in [0.25, 0.3) is 5.69 Å². The summed E-state index contributed by atoms with van der Waals surface area (Å²) >= 11 is 0. The van der Waals surface area contributed by atoms with Crippen molar-refractivity contribution in [2.75, 3.05) is 11.6 Å². The van der Waals surface area contributed by atoms with Gasteiger partial charge in [-0.2, -0.15) is 0 Å². The number of aryl methyl sites for hydroxylation is 1. The van der Waals surface area contributed by atoms with Crippen molar-refractivity contribution in [3.05, 3.63) is 33.9 Å². The number of nitro benzene ring substituents is 1. The highest BCUT2D eigenvalue weighted by Gasteiger charge is 2.14. The molecule has 2 rings (SSSR count). The molecule has 8 heteroatoms. The summed E-state index contributed by atoms with van der Waals surface area (Å²) in [5.41, 5.74) is 6.81. The van der Waals surface area contributed by atoms with Gasteiger partial charge in [0, 0.05) is 17.7 Å². The van der Waals surface area contributed by atoms with Crippen LogP contribution in [0.15, 0.2) is 18.2 Å². The third-order valence-electron chi connectivity index (χ3n) is 2.38. The zero-order chi connectivity index (χ0) is 12.6. The molecule has 1 heterocycles. The first-order valence-electron chi connectivity index (χ1n) is 4.72. The maximum absolute atomic E-state index is 10.6. The molecule has 4 N–H and O–H groups in total. The van der Waals surface area contributed by atoms with Crippen molar-refractivity contribution in [1.82, 2.24) is 14.9 Å². The van der Waals surface area contributed by atoms with Crippen molar-refractivity contribution in [2.24, 2.45) is 0 Å². The number of hydrogen-bond acceptors (Lipinski definition) is 6. The van der Waals surface area contributed by atoms with E-state index in [9.17, 15) is 10.1 Å². The normalized spacial score (nSPS) is 10.4. The predicted molar refractivity (Wildman–Crippen MR) is 61.4 cm³/mol. The summed E-state index contributed by atoms with van der Waals surface area (Å²) in [4.78, 5) is 10.1. The Morgan fingerprint density at radius 1 is 1.41 bits per heavy atom. The van der Waals surface area contributed by atoms with Crippen LogP contribution in [0.2, 0.25) is 0 Å². The zero-order valence-electron chi connectivity index (χ0n) is 8.99. The van der Waals surface area contributed by atoms with Crippen molar-refractivity contribution in [1.29, 1.82) is 0 Å². The maximum Gasteiger partial charge on any atom is 0.269 e. The second-order valence-corrected chi connectivity index (χ2v) is 3.51. The molecule has 0 spiro atoms. The van der Waals surface area contributed by atoms with E-state index in [4.69, 9.17) is 11.6 Å². The Balaban J connectivity index is 2.54. The quantitative estimate of drug-likeness (QED) is 0.441. The number of nitrogens with two attached hydrogens (primary N) is 2. The summed E-state index contributed by atoms with van der Waals surface area (Å²) in [6.45, 7) is 1.73. The lowest BCUT2D eigenvalue weighted by Crippen LogP contribution is -2.13. The summed E-state index contributed by atoms with van der Waals surface area (Å²) in [5, 5.41) is 18.0. The van der Waals surface area contributed by atoms with Crippen LogP contribution >= 0.6 is 0 Å². The lowest BCUT2D eigenvalue weighted by molar-refractivity contribution is -0.384. The van der Waals surface area contributed by atoms with Gasteiger partial charge < -0.3 is 11.6 Å². The lowest BCUT2D eigenvalue weighted by Gasteiger charge is -2.04. The Morgan fingerprint density at radius 2 is 2.12 bits per heavy atom. The van der Waals surface area contributed by atoms with Crippen LogP contribution < -0.4 is 11.6 Å². The number of hydrogen-bond donors (Lipinski definition) is 2. The fourth-order valence-corrected chi connectivity index (χ4v) is 1.50. The number of nitro groups is 1. The van der Waals surface area contributed by atoms with Gasteiger partial charge in [-0.15, -0.1) is 10.2 Å². The molecule has 0 saturated heterocycles. The molecule has 0 amide bonds. The first-order valence-corrected chi connectivity index (χ1v) is 4.72. The van der Waals surface area contributed by atoms with E-state index < -0.39 is 4.92 Å². The molecular formula is C9H10N6O2. The van der Waals surface area contributed by atoms with Crippen LogP contribution in [0.4, 0.5) is 11.6 Å². The zero-order valence-corrected chi connectivity index (χ0v) is 8.99. The van der Waals surface area contributed by atoms with E-state index in [0.717, 1.165) is 4.68 Å². The average molecular weight is 234 g/mol. The Kier molecular flexibility index (Phi) is 2.39. The minimum absolute atomic E-state index is 0.0160. The van der Waals surface area contributed by atoms with Gasteiger partial charge in [-0.25, -0.2) is 4.68 Å². The molecule has 0 fully saturated rings. The monoisotopic (exact) mass is 234 g/mol. The Morgan fingerprint density at radius 3 is 2.59 bits per heavy atom. The van der Waals surface area contributed by atoms with Gasteiger partial charge in [-0.05, 0) is 18.6 Å². The molecule has 0 unspecified atom stereocenters. The molecule has 0 aliphatic rings. The molecule has 1 aromatic carbocycles. The topological polar surface area (TPSA) is 126 Å². The molecule has 0 saturated carbocycles. The van der Waals surface area contributed by atoms with Crippen LogP contribution in [0, 0.1) is 17.0 Å². The number of nitrogens with zero attached hydrogens (tertiary/aromatic N) is 4. The molecular weight excluding hydrogens is 224 g/mol. The Bertz CT molecular complexity index is 591. The molecule has 0 atom stereocenters. The van der Waals surface area contributed by atoms with Crippen molar-refractivity contribution in [3.63, 3.8) is 0 Å². The Labute approximate surface area is 96.0 Å². The van der Waals surface area contributed by atoms with Crippen molar-refractivity contribution in [3.8, 4) is 11.4 Å². The van der Waals surface area contributed by atoms with Gasteiger partial charge >= 0.3 is 0 Å².